The van der Waals surface area contributed by atoms with Crippen molar-refractivity contribution in [3.63, 3.8) is 0 Å². The number of rotatable bonds is 2. The van der Waals surface area contributed by atoms with Crippen molar-refractivity contribution in [1.29, 1.82) is 0 Å². The van der Waals surface area contributed by atoms with Gasteiger partial charge in [0.2, 0.25) is 0 Å². The van der Waals surface area contributed by atoms with Gasteiger partial charge in [0.15, 0.2) is 0 Å². The van der Waals surface area contributed by atoms with Crippen LogP contribution in [0.25, 0.3) is 0 Å². The molecule has 0 saturated carbocycles. The molecular weight excluding hydrogens is 280 g/mol. The van der Waals surface area contributed by atoms with Gasteiger partial charge in [0.25, 0.3) is 0 Å². The molecule has 2 N–H and O–H groups in total. The highest BCUT2D eigenvalue weighted by molar-refractivity contribution is 7.20. The number of halogens is 3. The summed E-state index contributed by atoms with van der Waals surface area (Å²) in [6, 6.07) is 5.90. The van der Waals surface area contributed by atoms with Gasteiger partial charge >= 0.3 is 0 Å². The van der Waals surface area contributed by atoms with E-state index in [4.69, 9.17) is 28.9 Å². The van der Waals surface area contributed by atoms with Crippen LogP contribution in [0.1, 0.15) is 22.7 Å². The van der Waals surface area contributed by atoms with Crippen LogP contribution in [0.4, 0.5) is 4.39 Å². The third-order valence-corrected chi connectivity index (χ3v) is 4.10. The van der Waals surface area contributed by atoms with Crippen molar-refractivity contribution >= 4 is 34.5 Å². The molecule has 1 heterocycles. The van der Waals surface area contributed by atoms with Crippen molar-refractivity contribution in [3.8, 4) is 0 Å². The minimum Gasteiger partial charge on any atom is -0.320 e. The van der Waals surface area contributed by atoms with Crippen molar-refractivity contribution in [2.24, 2.45) is 5.73 Å². The third-order valence-electron chi connectivity index (χ3n) is 2.59. The van der Waals surface area contributed by atoms with Crippen molar-refractivity contribution in [1.82, 2.24) is 0 Å². The number of hydrogen-bond acceptors (Lipinski definition) is 2. The summed E-state index contributed by atoms with van der Waals surface area (Å²) < 4.78 is 14.2. The molecule has 0 saturated heterocycles. The van der Waals surface area contributed by atoms with E-state index in [1.807, 2.05) is 6.92 Å². The summed E-state index contributed by atoms with van der Waals surface area (Å²) >= 11 is 13.2. The summed E-state index contributed by atoms with van der Waals surface area (Å²) in [4.78, 5) is 0. The molecule has 1 unspecified atom stereocenters. The van der Waals surface area contributed by atoms with Gasteiger partial charge in [-0.05, 0) is 36.2 Å². The van der Waals surface area contributed by atoms with Gasteiger partial charge in [-0.3, -0.25) is 0 Å². The van der Waals surface area contributed by atoms with Crippen LogP contribution in [0, 0.1) is 12.7 Å². The minimum absolute atomic E-state index is 0.270. The van der Waals surface area contributed by atoms with E-state index in [9.17, 15) is 4.39 Å². The van der Waals surface area contributed by atoms with Gasteiger partial charge in [-0.15, -0.1) is 11.3 Å². The summed E-state index contributed by atoms with van der Waals surface area (Å²) in [6.07, 6.45) is 0. The largest absolute Gasteiger partial charge is 0.320 e. The molecule has 1 nitrogen and oxygen atoms in total. The van der Waals surface area contributed by atoms with E-state index in [1.165, 1.54) is 23.5 Å². The second kappa shape index (κ2) is 4.94. The second-order valence-corrected chi connectivity index (χ2v) is 6.04. The molecule has 17 heavy (non-hydrogen) atoms. The molecule has 0 aliphatic heterocycles. The minimum atomic E-state index is -0.383. The van der Waals surface area contributed by atoms with Crippen LogP contribution in [0.2, 0.25) is 8.67 Å². The summed E-state index contributed by atoms with van der Waals surface area (Å²) in [5.41, 5.74) is 8.55. The first-order chi connectivity index (χ1) is 7.99. The highest BCUT2D eigenvalue weighted by atomic mass is 35.5. The summed E-state index contributed by atoms with van der Waals surface area (Å²) in [5, 5.41) is 0. The fourth-order valence-electron chi connectivity index (χ4n) is 1.72. The van der Waals surface area contributed by atoms with E-state index in [0.29, 0.717) is 8.67 Å². The molecular formula is C12H10Cl2FNS. The first-order valence-electron chi connectivity index (χ1n) is 4.95. The molecule has 1 aromatic heterocycles. The number of hydrogen-bond donors (Lipinski definition) is 1. The SMILES string of the molecule is Cc1cc(F)ccc1C(N)c1cc(Cl)sc1Cl. The van der Waals surface area contributed by atoms with Crippen LogP contribution in [0.3, 0.4) is 0 Å². The zero-order chi connectivity index (χ0) is 12.6. The summed E-state index contributed by atoms with van der Waals surface area (Å²) in [5.74, 6) is -0.270. The molecule has 5 heteroatoms. The number of thiophene rings is 1. The van der Waals surface area contributed by atoms with Gasteiger partial charge in [-0.25, -0.2) is 4.39 Å². The topological polar surface area (TPSA) is 26.0 Å². The molecule has 90 valence electrons. The Bertz CT molecular complexity index is 553. The molecule has 0 aliphatic rings. The summed E-state index contributed by atoms with van der Waals surface area (Å²) in [7, 11) is 0. The lowest BCUT2D eigenvalue weighted by Crippen LogP contribution is -2.13. The lowest BCUT2D eigenvalue weighted by atomic mass is 9.98. The Morgan fingerprint density at radius 2 is 1.94 bits per heavy atom. The fraction of sp³-hybridized carbons (Fsp3) is 0.167. The Morgan fingerprint density at radius 1 is 1.24 bits per heavy atom. The zero-order valence-corrected chi connectivity index (χ0v) is 11.3. The maximum absolute atomic E-state index is 13.0. The Morgan fingerprint density at radius 3 is 2.47 bits per heavy atom. The molecule has 2 aromatic rings. The monoisotopic (exact) mass is 289 g/mol. The van der Waals surface area contributed by atoms with Gasteiger partial charge in [-0.2, -0.15) is 0 Å². The van der Waals surface area contributed by atoms with Crippen LogP contribution >= 0.6 is 34.5 Å². The van der Waals surface area contributed by atoms with Crippen molar-refractivity contribution in [2.45, 2.75) is 13.0 Å². The van der Waals surface area contributed by atoms with Crippen LogP contribution < -0.4 is 5.73 Å². The normalized spacial score (nSPS) is 12.8. The molecule has 0 radical (unpaired) electrons. The molecule has 1 aromatic carbocycles. The third kappa shape index (κ3) is 2.63. The van der Waals surface area contributed by atoms with E-state index in [1.54, 1.807) is 12.1 Å². The fourth-order valence-corrected chi connectivity index (χ4v) is 3.27. The van der Waals surface area contributed by atoms with E-state index < -0.39 is 0 Å². The molecule has 0 fully saturated rings. The molecule has 0 amide bonds. The lowest BCUT2D eigenvalue weighted by molar-refractivity contribution is 0.625. The van der Waals surface area contributed by atoms with Crippen LogP contribution in [-0.4, -0.2) is 0 Å². The van der Waals surface area contributed by atoms with Gasteiger partial charge in [0, 0.05) is 5.56 Å². The zero-order valence-electron chi connectivity index (χ0n) is 9.01. The first kappa shape index (κ1) is 12.8. The van der Waals surface area contributed by atoms with Crippen LogP contribution in [0.15, 0.2) is 24.3 Å². The average molecular weight is 290 g/mol. The van der Waals surface area contributed by atoms with Gasteiger partial charge in [0.1, 0.15) is 5.82 Å². The average Bonchev–Trinajstić information content (AvgIpc) is 2.57. The molecule has 1 atom stereocenters. The Balaban J connectivity index is 2.43. The molecule has 0 bridgehead atoms. The quantitative estimate of drug-likeness (QED) is 0.862. The van der Waals surface area contributed by atoms with Crippen molar-refractivity contribution < 1.29 is 4.39 Å². The van der Waals surface area contributed by atoms with Gasteiger partial charge < -0.3 is 5.73 Å². The van der Waals surface area contributed by atoms with E-state index in [2.05, 4.69) is 0 Å². The molecule has 0 aliphatic carbocycles. The smallest absolute Gasteiger partial charge is 0.123 e. The standard InChI is InChI=1S/C12H10Cl2FNS/c1-6-4-7(15)2-3-8(6)11(16)9-5-10(13)17-12(9)14/h2-5,11H,16H2,1H3. The predicted molar refractivity (Wildman–Crippen MR) is 71.5 cm³/mol. The van der Waals surface area contributed by atoms with Crippen molar-refractivity contribution in [3.05, 3.63) is 55.4 Å². The van der Waals surface area contributed by atoms with E-state index >= 15 is 0 Å². The highest BCUT2D eigenvalue weighted by Gasteiger charge is 2.17. The molecule has 2 rings (SSSR count). The van der Waals surface area contributed by atoms with E-state index in [-0.39, 0.29) is 11.9 Å². The Labute approximate surface area is 113 Å². The molecule has 0 spiro atoms. The van der Waals surface area contributed by atoms with Crippen molar-refractivity contribution in [2.75, 3.05) is 0 Å². The predicted octanol–water partition coefficient (Wildman–Crippen LogP) is 4.55. The van der Waals surface area contributed by atoms with Gasteiger partial charge in [0.05, 0.1) is 14.7 Å². The Kier molecular flexibility index (Phi) is 3.73. The number of nitrogens with two attached hydrogens (primary N) is 1. The summed E-state index contributed by atoms with van der Waals surface area (Å²) in [6.45, 7) is 1.82. The van der Waals surface area contributed by atoms with E-state index in [0.717, 1.165) is 16.7 Å². The maximum atomic E-state index is 13.0. The van der Waals surface area contributed by atoms with Crippen LogP contribution in [0.5, 0.6) is 0 Å². The highest BCUT2D eigenvalue weighted by Crippen LogP contribution is 2.37. The second-order valence-electron chi connectivity index (χ2n) is 3.76. The Hall–Kier alpha value is -0.610. The van der Waals surface area contributed by atoms with Gasteiger partial charge in [-0.1, -0.05) is 29.3 Å². The first-order valence-corrected chi connectivity index (χ1v) is 6.52. The maximum Gasteiger partial charge on any atom is 0.123 e. The van der Waals surface area contributed by atoms with Crippen LogP contribution in [-0.2, 0) is 0 Å². The lowest BCUT2D eigenvalue weighted by Gasteiger charge is -2.14. The number of benzene rings is 1. The number of aryl methyl sites for hydroxylation is 1.